The number of rotatable bonds is 4. The first-order valence-electron chi connectivity index (χ1n) is 5.08. The monoisotopic (exact) mass is 264 g/mol. The average molecular weight is 264 g/mol. The highest BCUT2D eigenvalue weighted by molar-refractivity contribution is 7.89. The van der Waals surface area contributed by atoms with Crippen LogP contribution in [0.4, 0.5) is 0 Å². The maximum atomic E-state index is 12.0. The molecule has 0 saturated heterocycles. The van der Waals surface area contributed by atoms with Gasteiger partial charge in [0.1, 0.15) is 11.0 Å². The van der Waals surface area contributed by atoms with Crippen molar-refractivity contribution in [2.45, 2.75) is 18.7 Å². The number of aromatic nitrogens is 1. The molecule has 1 heterocycles. The predicted molar refractivity (Wildman–Crippen MR) is 63.5 cm³/mol. The molecule has 1 rings (SSSR count). The minimum atomic E-state index is -3.83. The zero-order chi connectivity index (χ0) is 13.8. The van der Waals surface area contributed by atoms with Gasteiger partial charge in [0.2, 0.25) is 10.0 Å². The molecule has 0 spiro atoms. The lowest BCUT2D eigenvalue weighted by molar-refractivity contribution is 0.478. The van der Waals surface area contributed by atoms with Crippen molar-refractivity contribution in [3.05, 3.63) is 24.0 Å². The van der Waals surface area contributed by atoms with E-state index in [4.69, 9.17) is 10.5 Å². The Hall–Kier alpha value is -1.96. The molecule has 0 radical (unpaired) electrons. The van der Waals surface area contributed by atoms with Crippen LogP contribution in [0.1, 0.15) is 19.5 Å². The molecular formula is C11H12N4O2S. The molecule has 0 aliphatic carbocycles. The van der Waals surface area contributed by atoms with Gasteiger partial charge in [-0.2, -0.15) is 10.5 Å². The summed E-state index contributed by atoms with van der Waals surface area (Å²) in [5, 5.41) is 17.6. The third kappa shape index (κ3) is 3.27. The van der Waals surface area contributed by atoms with Crippen LogP contribution in [0.15, 0.2) is 23.2 Å². The molecule has 1 aromatic rings. The van der Waals surface area contributed by atoms with Crippen molar-refractivity contribution in [1.82, 2.24) is 9.71 Å². The second kappa shape index (κ2) is 5.13. The molecule has 0 saturated carbocycles. The fraction of sp³-hybridized carbons (Fsp3) is 0.364. The van der Waals surface area contributed by atoms with Crippen molar-refractivity contribution in [1.29, 1.82) is 10.5 Å². The maximum absolute atomic E-state index is 12.0. The van der Waals surface area contributed by atoms with Crippen molar-refractivity contribution < 1.29 is 8.42 Å². The molecule has 0 aliphatic heterocycles. The molecule has 6 nitrogen and oxygen atoms in total. The van der Waals surface area contributed by atoms with Gasteiger partial charge in [0.05, 0.1) is 11.5 Å². The summed E-state index contributed by atoms with van der Waals surface area (Å²) in [6.07, 6.45) is 1.34. The van der Waals surface area contributed by atoms with E-state index in [1.54, 1.807) is 19.9 Å². The van der Waals surface area contributed by atoms with Gasteiger partial charge in [-0.25, -0.2) is 18.1 Å². The van der Waals surface area contributed by atoms with Gasteiger partial charge in [-0.15, -0.1) is 0 Å². The number of hydrogen-bond acceptors (Lipinski definition) is 5. The van der Waals surface area contributed by atoms with Crippen LogP contribution in [0.2, 0.25) is 0 Å². The molecular weight excluding hydrogens is 252 g/mol. The number of sulfonamides is 1. The molecule has 1 N–H and O–H groups in total. The van der Waals surface area contributed by atoms with Crippen LogP contribution in [0.5, 0.6) is 0 Å². The Morgan fingerprint density at radius 1 is 1.44 bits per heavy atom. The summed E-state index contributed by atoms with van der Waals surface area (Å²) in [5.74, 6) is 0. The Bertz CT molecular complexity index is 623. The number of pyridine rings is 1. The van der Waals surface area contributed by atoms with Gasteiger partial charge in [0.15, 0.2) is 5.69 Å². The second-order valence-corrected chi connectivity index (χ2v) is 6.02. The third-order valence-electron chi connectivity index (χ3n) is 2.17. The van der Waals surface area contributed by atoms with E-state index < -0.39 is 15.4 Å². The Balaban J connectivity index is 3.03. The van der Waals surface area contributed by atoms with E-state index in [2.05, 4.69) is 9.71 Å². The first-order chi connectivity index (χ1) is 8.32. The van der Waals surface area contributed by atoms with Gasteiger partial charge >= 0.3 is 0 Å². The minimum absolute atomic E-state index is 0.0361. The lowest BCUT2D eigenvalue weighted by atomic mass is 9.97. The molecule has 0 aliphatic rings. The van der Waals surface area contributed by atoms with Crippen molar-refractivity contribution in [3.8, 4) is 12.1 Å². The molecule has 0 bridgehead atoms. The first kappa shape index (κ1) is 14.1. The molecule has 1 aromatic heterocycles. The second-order valence-electron chi connectivity index (χ2n) is 4.28. The molecule has 18 heavy (non-hydrogen) atoms. The Morgan fingerprint density at radius 3 is 2.67 bits per heavy atom. The molecule has 94 valence electrons. The number of hydrogen-bond donors (Lipinski definition) is 1. The van der Waals surface area contributed by atoms with E-state index in [0.29, 0.717) is 0 Å². The average Bonchev–Trinajstić information content (AvgIpc) is 2.37. The fourth-order valence-corrected chi connectivity index (χ4v) is 2.40. The Morgan fingerprint density at radius 2 is 2.11 bits per heavy atom. The molecule has 0 unspecified atom stereocenters. The summed E-state index contributed by atoms with van der Waals surface area (Å²) in [4.78, 5) is 3.50. The first-order valence-corrected chi connectivity index (χ1v) is 6.57. The summed E-state index contributed by atoms with van der Waals surface area (Å²) >= 11 is 0. The summed E-state index contributed by atoms with van der Waals surface area (Å²) in [7, 11) is -3.83. The molecule has 0 atom stereocenters. The SMILES string of the molecule is CC(C)(C#N)CNS(=O)(=O)c1cccnc1C#N. The van der Waals surface area contributed by atoms with Crippen LogP contribution in [0.25, 0.3) is 0 Å². The lowest BCUT2D eigenvalue weighted by Gasteiger charge is -2.16. The zero-order valence-corrected chi connectivity index (χ0v) is 10.8. The number of nitrogens with zero attached hydrogens (tertiary/aromatic N) is 3. The quantitative estimate of drug-likeness (QED) is 0.864. The highest BCUT2D eigenvalue weighted by Gasteiger charge is 2.24. The van der Waals surface area contributed by atoms with E-state index in [1.165, 1.54) is 18.3 Å². The summed E-state index contributed by atoms with van der Waals surface area (Å²) in [6, 6.07) is 6.44. The van der Waals surface area contributed by atoms with Crippen molar-refractivity contribution in [2.24, 2.45) is 5.41 Å². The zero-order valence-electron chi connectivity index (χ0n) is 10.0. The number of nitrogens with one attached hydrogen (secondary N) is 1. The van der Waals surface area contributed by atoms with Crippen LogP contribution in [-0.4, -0.2) is 19.9 Å². The Kier molecular flexibility index (Phi) is 4.02. The lowest BCUT2D eigenvalue weighted by Crippen LogP contribution is -2.33. The summed E-state index contributed by atoms with van der Waals surface area (Å²) < 4.78 is 26.2. The van der Waals surface area contributed by atoms with E-state index in [-0.39, 0.29) is 17.1 Å². The van der Waals surface area contributed by atoms with Crippen LogP contribution in [0.3, 0.4) is 0 Å². The van der Waals surface area contributed by atoms with Gasteiger partial charge in [-0.1, -0.05) is 0 Å². The summed E-state index contributed by atoms with van der Waals surface area (Å²) in [6.45, 7) is 3.19. The predicted octanol–water partition coefficient (Wildman–Crippen LogP) is 0.781. The van der Waals surface area contributed by atoms with E-state index >= 15 is 0 Å². The highest BCUT2D eigenvalue weighted by Crippen LogP contribution is 2.15. The van der Waals surface area contributed by atoms with Gasteiger partial charge in [-0.3, -0.25) is 0 Å². The van der Waals surface area contributed by atoms with E-state index in [0.717, 1.165) is 0 Å². The highest BCUT2D eigenvalue weighted by atomic mass is 32.2. The van der Waals surface area contributed by atoms with Crippen LogP contribution >= 0.6 is 0 Å². The normalized spacial score (nSPS) is 11.6. The van der Waals surface area contributed by atoms with Crippen LogP contribution in [-0.2, 0) is 10.0 Å². The topological polar surface area (TPSA) is 107 Å². The minimum Gasteiger partial charge on any atom is -0.244 e. The largest absolute Gasteiger partial charge is 0.244 e. The van der Waals surface area contributed by atoms with Gasteiger partial charge in [-0.05, 0) is 26.0 Å². The van der Waals surface area contributed by atoms with E-state index in [1.807, 2.05) is 6.07 Å². The smallest absolute Gasteiger partial charge is 0.243 e. The third-order valence-corrected chi connectivity index (χ3v) is 3.61. The molecule has 0 amide bonds. The van der Waals surface area contributed by atoms with Crippen LogP contribution in [0, 0.1) is 28.1 Å². The van der Waals surface area contributed by atoms with Gasteiger partial charge in [0, 0.05) is 12.7 Å². The standard InChI is InChI=1S/C11H12N4O2S/c1-11(2,7-13)8-15-18(16,17)10-4-3-5-14-9(10)6-12/h3-5,15H,8H2,1-2H3. The number of nitriles is 2. The van der Waals surface area contributed by atoms with Crippen molar-refractivity contribution >= 4 is 10.0 Å². The van der Waals surface area contributed by atoms with Crippen molar-refractivity contribution in [3.63, 3.8) is 0 Å². The van der Waals surface area contributed by atoms with Crippen molar-refractivity contribution in [2.75, 3.05) is 6.54 Å². The molecule has 7 heteroatoms. The van der Waals surface area contributed by atoms with E-state index in [9.17, 15) is 8.42 Å². The van der Waals surface area contributed by atoms with Gasteiger partial charge < -0.3 is 0 Å². The molecule has 0 fully saturated rings. The van der Waals surface area contributed by atoms with Gasteiger partial charge in [0.25, 0.3) is 0 Å². The summed E-state index contributed by atoms with van der Waals surface area (Å²) in [5.41, 5.74) is -0.984. The maximum Gasteiger partial charge on any atom is 0.243 e. The fourth-order valence-electron chi connectivity index (χ4n) is 1.08. The Labute approximate surface area is 106 Å². The van der Waals surface area contributed by atoms with Crippen LogP contribution < -0.4 is 4.72 Å². The molecule has 0 aromatic carbocycles.